The lowest BCUT2D eigenvalue weighted by Crippen LogP contribution is -2.48. The largest absolute Gasteiger partial charge is 0.451 e. The number of nitrogens with zero attached hydrogens (tertiary/aromatic N) is 5. The average Bonchev–Trinajstić information content (AvgIpc) is 3.91. The number of hydrogen-bond acceptors (Lipinski definition) is 15. The summed E-state index contributed by atoms with van der Waals surface area (Å²) in [4.78, 5) is 71.7. The fraction of sp³-hybridized carbons (Fsp3) is 0.341. The molecule has 0 saturated heterocycles. The maximum absolute atomic E-state index is 13.4. The van der Waals surface area contributed by atoms with Crippen LogP contribution in [0, 0.1) is 0 Å². The molecule has 322 valence electrons. The van der Waals surface area contributed by atoms with E-state index in [4.69, 9.17) is 20.0 Å². The normalized spacial score (nSPS) is 14.0. The Morgan fingerprint density at radius 3 is 2.47 bits per heavy atom. The molecule has 2 aliphatic rings. The number of nitrogens with one attached hydrogen (secondary N) is 3. The molecule has 2 aliphatic heterocycles. The summed E-state index contributed by atoms with van der Waals surface area (Å²) < 4.78 is 11.3. The molecular weight excluding hydrogens is 793 g/mol. The van der Waals surface area contributed by atoms with Crippen LogP contribution >= 0.6 is 0 Å². The third-order valence-electron chi connectivity index (χ3n) is 10.6. The third kappa shape index (κ3) is 10.1. The van der Waals surface area contributed by atoms with Crippen molar-refractivity contribution >= 4 is 65.3 Å². The van der Waals surface area contributed by atoms with E-state index in [0.717, 1.165) is 36.1 Å². The van der Waals surface area contributed by atoms with Crippen LogP contribution in [0.2, 0.25) is 6.82 Å². The van der Waals surface area contributed by atoms with Crippen molar-refractivity contribution in [3.05, 3.63) is 101 Å². The van der Waals surface area contributed by atoms with Crippen molar-refractivity contribution in [2.75, 3.05) is 36.5 Å². The zero-order chi connectivity index (χ0) is 44.4. The number of benzene rings is 3. The Balaban J connectivity index is 0.000000564. The summed E-state index contributed by atoms with van der Waals surface area (Å²) in [6.07, 6.45) is 6.19. The fourth-order valence-electron chi connectivity index (χ4n) is 7.22. The Hall–Kier alpha value is -6.95. The number of amides is 3. The number of rotatable bonds is 18. The van der Waals surface area contributed by atoms with Crippen LogP contribution in [0.5, 0.6) is 0 Å². The summed E-state index contributed by atoms with van der Waals surface area (Å²) in [5.74, 6) is -0.873. The van der Waals surface area contributed by atoms with Crippen molar-refractivity contribution in [2.24, 2.45) is 0 Å². The monoisotopic (exact) mass is 843 g/mol. The molecule has 0 bridgehead atoms. The minimum absolute atomic E-state index is 0.0408. The molecule has 1 atom stereocenters. The number of ether oxygens (including phenoxy) is 1. The number of carbonyl (C=O) groups excluding carboxylic acids is 5. The van der Waals surface area contributed by atoms with Gasteiger partial charge in [-0.3, -0.25) is 19.3 Å². The number of aliphatic hydroxyl groups is 1. The van der Waals surface area contributed by atoms with Gasteiger partial charge in [0.25, 0.3) is 17.7 Å². The second-order valence-corrected chi connectivity index (χ2v) is 15.4. The Labute approximate surface area is 359 Å². The predicted octanol–water partition coefficient (Wildman–Crippen LogP) is 4.71. The number of hydrogen-bond donors (Lipinski definition) is 5. The van der Waals surface area contributed by atoms with Crippen LogP contribution in [-0.2, 0) is 26.3 Å². The first-order valence-electron chi connectivity index (χ1n) is 20.5. The number of aryl methyl sites for hydroxylation is 1. The number of cyclic esters (lactones) is 1. The van der Waals surface area contributed by atoms with E-state index in [1.807, 2.05) is 57.1 Å². The van der Waals surface area contributed by atoms with Gasteiger partial charge in [0.1, 0.15) is 23.7 Å². The van der Waals surface area contributed by atoms with Crippen molar-refractivity contribution in [1.82, 2.24) is 30.4 Å². The Bertz CT molecular complexity index is 2430. The lowest BCUT2D eigenvalue weighted by molar-refractivity contribution is -0.124. The molecule has 0 saturated carbocycles. The zero-order valence-electron chi connectivity index (χ0n) is 35.1. The maximum atomic E-state index is 13.4. The van der Waals surface area contributed by atoms with Crippen molar-refractivity contribution in [2.45, 2.75) is 77.3 Å². The van der Waals surface area contributed by atoms with Gasteiger partial charge in [0, 0.05) is 56.1 Å². The van der Waals surface area contributed by atoms with Gasteiger partial charge in [0.2, 0.25) is 24.5 Å². The van der Waals surface area contributed by atoms with E-state index < -0.39 is 29.4 Å². The molecule has 18 heteroatoms. The van der Waals surface area contributed by atoms with Crippen LogP contribution in [0.1, 0.15) is 94.9 Å². The number of imide groups is 1. The van der Waals surface area contributed by atoms with E-state index in [0.29, 0.717) is 47.6 Å². The molecule has 1 unspecified atom stereocenters. The fourth-order valence-corrected chi connectivity index (χ4v) is 7.22. The van der Waals surface area contributed by atoms with Crippen LogP contribution in [0.4, 0.5) is 23.1 Å². The molecule has 4 heterocycles. The number of esters is 1. The number of aliphatic hydroxyl groups excluding tert-OH is 1. The lowest BCUT2D eigenvalue weighted by Gasteiger charge is -2.24. The van der Waals surface area contributed by atoms with Gasteiger partial charge in [-0.25, -0.2) is 9.78 Å². The number of aromatic nitrogens is 4. The van der Waals surface area contributed by atoms with Gasteiger partial charge in [-0.2, -0.15) is 4.98 Å². The number of carbonyl (C=O) groups is 5. The van der Waals surface area contributed by atoms with Gasteiger partial charge in [-0.05, 0) is 63.4 Å². The quantitative estimate of drug-likeness (QED) is 0.0264. The first-order valence-corrected chi connectivity index (χ1v) is 20.5. The molecule has 7 rings (SSSR count). The second-order valence-electron chi connectivity index (χ2n) is 15.4. The van der Waals surface area contributed by atoms with Crippen LogP contribution in [0.15, 0.2) is 77.3 Å². The smallest absolute Gasteiger partial charge is 0.339 e. The topological polar surface area (TPSA) is 245 Å². The summed E-state index contributed by atoms with van der Waals surface area (Å²) in [5.41, 5.74) is 10.0. The standard InChI is InChI=1S/C36H39N9O7.C8H11BO/c1-36(2)24-18-20(14-15-21(24)34(50)52-36)41-35-40-19-23(29(37)42-35)31-44-43-27(51-31)13-6-4-5-7-16-39-25-11-8-10-22-28(25)33(49)45(32(22)48)26(12-9-17-46)30(47)38-3;1-9(7-10)8-5-3-2-4-6-8/h8,10-11,14-15,17-19,26,39H,4-7,9,12-13,16H2,1-3H3,(H,38,47)(H3,37,40,41,42);2-6,10H,7H2,1H3. The maximum Gasteiger partial charge on any atom is 0.339 e. The van der Waals surface area contributed by atoms with Gasteiger partial charge in [-0.15, -0.1) is 10.2 Å². The van der Waals surface area contributed by atoms with Crippen molar-refractivity contribution in [3.8, 4) is 11.5 Å². The highest BCUT2D eigenvalue weighted by Gasteiger charge is 2.43. The Morgan fingerprint density at radius 1 is 0.968 bits per heavy atom. The van der Waals surface area contributed by atoms with Gasteiger partial charge in [0.05, 0.1) is 22.3 Å². The van der Waals surface area contributed by atoms with Crippen LogP contribution in [0.25, 0.3) is 11.5 Å². The summed E-state index contributed by atoms with van der Waals surface area (Å²) in [7, 11) is 1.42. The van der Waals surface area contributed by atoms with Crippen molar-refractivity contribution in [1.29, 1.82) is 0 Å². The van der Waals surface area contributed by atoms with Gasteiger partial charge < -0.3 is 40.7 Å². The molecule has 3 amide bonds. The van der Waals surface area contributed by atoms with Gasteiger partial charge in [0.15, 0.2) is 0 Å². The number of anilines is 4. The Kier molecular flexibility index (Phi) is 14.4. The minimum atomic E-state index is -1.07. The van der Waals surface area contributed by atoms with Crippen LogP contribution < -0.4 is 27.1 Å². The SMILES string of the molecule is CB(CO)c1ccccc1.CNC(=O)C(CCC=O)N1C(=O)c2cccc(NCCCCCCc3nnc(-c4cnc(Nc5ccc6c(c5)C(C)(C)OC6=O)nc4N)o3)c2C1=O. The van der Waals surface area contributed by atoms with Gasteiger partial charge >= 0.3 is 5.97 Å². The van der Waals surface area contributed by atoms with Gasteiger partial charge in [-0.1, -0.05) is 61.5 Å². The molecule has 17 nitrogen and oxygen atoms in total. The van der Waals surface area contributed by atoms with E-state index in [2.05, 4.69) is 36.1 Å². The third-order valence-corrected chi connectivity index (χ3v) is 10.6. The first kappa shape index (κ1) is 44.6. The minimum Gasteiger partial charge on any atom is -0.451 e. The molecule has 62 heavy (non-hydrogen) atoms. The van der Waals surface area contributed by atoms with Crippen LogP contribution in [0.3, 0.4) is 0 Å². The summed E-state index contributed by atoms with van der Waals surface area (Å²) >= 11 is 0. The summed E-state index contributed by atoms with van der Waals surface area (Å²) in [6, 6.07) is 19.2. The number of aldehydes is 1. The summed E-state index contributed by atoms with van der Waals surface area (Å²) in [6.45, 7) is 6.72. The van der Waals surface area contributed by atoms with E-state index in [-0.39, 0.29) is 60.8 Å². The molecule has 5 aromatic rings. The average molecular weight is 844 g/mol. The van der Waals surface area contributed by atoms with E-state index >= 15 is 0 Å². The number of nitrogens with two attached hydrogens (primary N) is 1. The molecule has 0 spiro atoms. The molecule has 6 N–H and O–H groups in total. The molecule has 2 aromatic heterocycles. The zero-order valence-corrected chi connectivity index (χ0v) is 35.1. The second kappa shape index (κ2) is 20.1. The van der Waals surface area contributed by atoms with E-state index in [1.165, 1.54) is 18.7 Å². The Morgan fingerprint density at radius 2 is 1.74 bits per heavy atom. The number of fused-ring (bicyclic) bond motifs is 2. The molecule has 3 aromatic carbocycles. The van der Waals surface area contributed by atoms with E-state index in [1.54, 1.807) is 30.3 Å². The highest BCUT2D eigenvalue weighted by atomic mass is 16.6. The van der Waals surface area contributed by atoms with Crippen LogP contribution in [-0.4, -0.2) is 93.0 Å². The highest BCUT2D eigenvalue weighted by molar-refractivity contribution is 6.71. The molecule has 0 fully saturated rings. The number of likely N-dealkylation sites (N-methyl/N-ethyl adjacent to an activating group) is 1. The first-order chi connectivity index (χ1) is 29.9. The summed E-state index contributed by atoms with van der Waals surface area (Å²) in [5, 5.41) is 25.9. The predicted molar refractivity (Wildman–Crippen MR) is 233 cm³/mol. The number of unbranched alkanes of at least 4 members (excludes halogenated alkanes) is 3. The molecule has 0 radical (unpaired) electrons. The molecular formula is C44H50BN9O8. The highest BCUT2D eigenvalue weighted by Crippen LogP contribution is 2.38. The van der Waals surface area contributed by atoms with Crippen molar-refractivity contribution in [3.63, 3.8) is 0 Å². The molecule has 0 aliphatic carbocycles. The van der Waals surface area contributed by atoms with Crippen molar-refractivity contribution < 1.29 is 38.2 Å². The number of nitrogen functional groups attached to an aromatic ring is 1. The van der Waals surface area contributed by atoms with E-state index in [9.17, 15) is 24.0 Å². The lowest BCUT2D eigenvalue weighted by atomic mass is 9.48.